The van der Waals surface area contributed by atoms with Crippen LogP contribution >= 0.6 is 23.2 Å². The van der Waals surface area contributed by atoms with Crippen LogP contribution in [0.5, 0.6) is 0 Å². The van der Waals surface area contributed by atoms with E-state index in [-0.39, 0.29) is 43.4 Å². The monoisotopic (exact) mass is 880 g/mol. The molecule has 1 saturated carbocycles. The summed E-state index contributed by atoms with van der Waals surface area (Å²) >= 11 is 12.4. The fraction of sp³-hybridized carbons (Fsp3) is 0.474. The van der Waals surface area contributed by atoms with E-state index in [1.807, 2.05) is 4.90 Å². The van der Waals surface area contributed by atoms with E-state index in [1.54, 1.807) is 66.3 Å². The van der Waals surface area contributed by atoms with Crippen molar-refractivity contribution in [2.24, 2.45) is 0 Å². The van der Waals surface area contributed by atoms with Gasteiger partial charge in [0.1, 0.15) is 17.8 Å². The summed E-state index contributed by atoms with van der Waals surface area (Å²) in [4.78, 5) is 50.3. The third kappa shape index (κ3) is 10.3. The molecule has 2 aliphatic heterocycles. The van der Waals surface area contributed by atoms with E-state index < -0.39 is 42.0 Å². The number of benzene rings is 2. The predicted octanol–water partition coefficient (Wildman–Crippen LogP) is 2.92. The molecule has 3 amide bonds. The highest BCUT2D eigenvalue weighted by Crippen LogP contribution is 2.37. The lowest BCUT2D eigenvalue weighted by Gasteiger charge is -2.30. The molecule has 17 nitrogen and oxygen atoms in total. The number of nitrogens with one attached hydrogen (secondary N) is 5. The summed E-state index contributed by atoms with van der Waals surface area (Å²) in [6.07, 6.45) is -3.91. The summed E-state index contributed by atoms with van der Waals surface area (Å²) in [5.41, 5.74) is 0.369. The number of carboxylic acid groups (broad SMARTS) is 1. The molecule has 2 aromatic heterocycles. The van der Waals surface area contributed by atoms with Crippen molar-refractivity contribution in [3.63, 3.8) is 0 Å². The second-order valence-corrected chi connectivity index (χ2v) is 15.7. The van der Waals surface area contributed by atoms with Crippen molar-refractivity contribution in [3.05, 3.63) is 76.0 Å². The summed E-state index contributed by atoms with van der Waals surface area (Å²) in [5, 5.41) is 58.1. The summed E-state index contributed by atoms with van der Waals surface area (Å²) in [5.74, 6) is -2.30. The first kappa shape index (κ1) is 44.6. The third-order valence-corrected chi connectivity index (χ3v) is 11.2. The maximum atomic E-state index is 12.8. The average Bonchev–Trinajstić information content (AvgIpc) is 4.03. The van der Waals surface area contributed by atoms with E-state index in [1.165, 1.54) is 0 Å². The van der Waals surface area contributed by atoms with Gasteiger partial charge in [-0.15, -0.1) is 0 Å². The van der Waals surface area contributed by atoms with E-state index >= 15 is 0 Å². The molecule has 3 fully saturated rings. The number of anilines is 2. The van der Waals surface area contributed by atoms with Gasteiger partial charge in [-0.3, -0.25) is 4.79 Å². The number of amides is 3. The van der Waals surface area contributed by atoms with Gasteiger partial charge in [-0.05, 0) is 61.2 Å². The fourth-order valence-electron chi connectivity index (χ4n) is 7.43. The van der Waals surface area contributed by atoms with Gasteiger partial charge in [-0.25, -0.2) is 14.6 Å². The smallest absolute Gasteiger partial charge is 0.475 e. The largest absolute Gasteiger partial charge is 0.490 e. The van der Waals surface area contributed by atoms with Crippen molar-refractivity contribution in [3.8, 4) is 0 Å². The van der Waals surface area contributed by atoms with Crippen molar-refractivity contribution in [2.75, 3.05) is 42.9 Å². The van der Waals surface area contributed by atoms with Gasteiger partial charge in [0.15, 0.2) is 17.0 Å². The minimum absolute atomic E-state index is 0.0368. The summed E-state index contributed by atoms with van der Waals surface area (Å²) in [6.45, 7) is 4.31. The number of halogens is 5. The number of aliphatic hydroxyl groups excluding tert-OH is 2. The van der Waals surface area contributed by atoms with Crippen LogP contribution in [0, 0.1) is 0 Å². The molecule has 324 valence electrons. The van der Waals surface area contributed by atoms with E-state index in [2.05, 4.69) is 31.6 Å². The van der Waals surface area contributed by atoms with Gasteiger partial charge in [-0.1, -0.05) is 54.4 Å². The number of urea groups is 1. The number of alkyl halides is 3. The SMILES string of the molecule is CCC(=O)N[C@H]1C[C@@H](n2cnc3c(NCC(O)(c4ccc(Cl)cc4)c4ccc(Cl)cc4)nc(N4CC[C@@H](NC(=O)N[C@@H]5CCNC5)C4)nc32)[C@H](O)[C@@H]1O.O=C(O)C(F)(F)F. The fourth-order valence-corrected chi connectivity index (χ4v) is 7.68. The molecule has 4 aromatic rings. The van der Waals surface area contributed by atoms with Gasteiger partial charge in [0.05, 0.1) is 25.0 Å². The molecule has 6 atom stereocenters. The number of imidazole rings is 1. The van der Waals surface area contributed by atoms with Gasteiger partial charge >= 0.3 is 18.2 Å². The average molecular weight is 882 g/mol. The van der Waals surface area contributed by atoms with Crippen molar-refractivity contribution in [2.45, 2.75) is 80.8 Å². The Balaban J connectivity index is 0.000000793. The number of carbonyl (C=O) groups excluding carboxylic acids is 2. The molecule has 2 aromatic carbocycles. The first-order chi connectivity index (χ1) is 28.5. The number of aromatic nitrogens is 4. The number of rotatable bonds is 11. The maximum absolute atomic E-state index is 12.8. The van der Waals surface area contributed by atoms with Gasteiger partial charge in [0.2, 0.25) is 11.9 Å². The van der Waals surface area contributed by atoms with Crippen molar-refractivity contribution < 1.29 is 48.0 Å². The zero-order valence-corrected chi connectivity index (χ0v) is 33.7. The molecule has 0 bridgehead atoms. The van der Waals surface area contributed by atoms with E-state index in [9.17, 15) is 38.1 Å². The van der Waals surface area contributed by atoms with Gasteiger partial charge < -0.3 is 56.5 Å². The first-order valence-corrected chi connectivity index (χ1v) is 19.9. The predicted molar refractivity (Wildman–Crippen MR) is 215 cm³/mol. The topological polar surface area (TPSA) is 239 Å². The van der Waals surface area contributed by atoms with E-state index in [0.717, 1.165) is 19.5 Å². The Hall–Kier alpha value is -4.99. The van der Waals surface area contributed by atoms with Crippen molar-refractivity contribution >= 4 is 64.0 Å². The van der Waals surface area contributed by atoms with Crippen molar-refractivity contribution in [1.82, 2.24) is 40.8 Å². The Morgan fingerprint density at radius 1 is 0.917 bits per heavy atom. The summed E-state index contributed by atoms with van der Waals surface area (Å²) < 4.78 is 33.4. The second-order valence-electron chi connectivity index (χ2n) is 14.8. The lowest BCUT2D eigenvalue weighted by atomic mass is 9.86. The highest BCUT2D eigenvalue weighted by molar-refractivity contribution is 6.30. The third-order valence-electron chi connectivity index (χ3n) is 10.7. The number of carboxylic acids is 1. The minimum atomic E-state index is -5.08. The normalized spacial score (nSPS) is 22.9. The number of hydrogen-bond acceptors (Lipinski definition) is 12. The number of hydrogen-bond donors (Lipinski definition) is 9. The van der Waals surface area contributed by atoms with Gasteiger partial charge in [-0.2, -0.15) is 23.1 Å². The van der Waals surface area contributed by atoms with Crippen LogP contribution in [0.3, 0.4) is 0 Å². The molecule has 22 heteroatoms. The zero-order valence-electron chi connectivity index (χ0n) is 32.2. The molecule has 9 N–H and O–H groups in total. The van der Waals surface area contributed by atoms with E-state index in [4.69, 9.17) is 43.1 Å². The lowest BCUT2D eigenvalue weighted by Crippen LogP contribution is -2.47. The first-order valence-electron chi connectivity index (χ1n) is 19.2. The molecule has 60 heavy (non-hydrogen) atoms. The molecule has 0 unspecified atom stereocenters. The highest BCUT2D eigenvalue weighted by atomic mass is 35.5. The standard InChI is InChI=1S/C36H44Cl2N10O5.C2HF3O2/c1-2-28(49)44-26-15-27(31(51)30(26)50)48-19-41-29-32(40-18-36(53,20-3-7-22(37)8-4-20)21-5-9-23(38)10-6-21)45-34(46-33(29)48)47-14-12-25(17-47)43-35(52)42-24-11-13-39-16-24;3-2(4,5)1(6)7/h3-10,19,24-27,30-31,39,50-51,53H,2,11-18H2,1H3,(H,44,49)(H,40,45,46)(H2,42,43,52);(H,6,7)/t24-,25-,26+,27-,30-,31+;/m1./s1. The molecule has 3 aliphatic rings. The van der Waals surface area contributed by atoms with Crippen LogP contribution in [0.25, 0.3) is 11.2 Å². The maximum Gasteiger partial charge on any atom is 0.490 e. The summed E-state index contributed by atoms with van der Waals surface area (Å²) in [7, 11) is 0. The molecule has 2 saturated heterocycles. The van der Waals surface area contributed by atoms with Crippen LogP contribution in [0.15, 0.2) is 54.9 Å². The van der Waals surface area contributed by atoms with Crippen LogP contribution in [-0.2, 0) is 15.2 Å². The second kappa shape index (κ2) is 18.7. The number of aliphatic hydroxyl groups is 3. The number of aliphatic carboxylic acids is 1. The van der Waals surface area contributed by atoms with E-state index in [0.29, 0.717) is 63.6 Å². The molecule has 4 heterocycles. The molecule has 0 spiro atoms. The van der Waals surface area contributed by atoms with Gasteiger partial charge in [0.25, 0.3) is 0 Å². The Morgan fingerprint density at radius 2 is 1.53 bits per heavy atom. The van der Waals surface area contributed by atoms with Crippen LogP contribution in [-0.4, -0.2) is 127 Å². The molecular formula is C38H45Cl2F3N10O7. The lowest BCUT2D eigenvalue weighted by molar-refractivity contribution is -0.192. The van der Waals surface area contributed by atoms with Gasteiger partial charge in [0, 0.05) is 48.2 Å². The molecule has 7 rings (SSSR count). The van der Waals surface area contributed by atoms with Crippen LogP contribution < -0.4 is 31.5 Å². The quantitative estimate of drug-likeness (QED) is 0.106. The molecule has 1 aliphatic carbocycles. The van der Waals surface area contributed by atoms with Crippen LogP contribution in [0.1, 0.15) is 49.8 Å². The summed E-state index contributed by atoms with van der Waals surface area (Å²) in [6, 6.07) is 12.3. The number of carbonyl (C=O) groups is 3. The Kier molecular flexibility index (Phi) is 13.9. The Labute approximate surface area is 351 Å². The Bertz CT molecular complexity index is 2100. The molecular weight excluding hydrogens is 836 g/mol. The molecule has 0 radical (unpaired) electrons. The zero-order chi connectivity index (χ0) is 43.4. The Morgan fingerprint density at radius 3 is 2.10 bits per heavy atom. The highest BCUT2D eigenvalue weighted by Gasteiger charge is 2.44. The van der Waals surface area contributed by atoms with Crippen LogP contribution in [0.4, 0.5) is 29.7 Å². The minimum Gasteiger partial charge on any atom is -0.475 e. The van der Waals surface area contributed by atoms with Crippen molar-refractivity contribution in [1.29, 1.82) is 0 Å². The van der Waals surface area contributed by atoms with Crippen LogP contribution in [0.2, 0.25) is 10.0 Å². The number of fused-ring (bicyclic) bond motifs is 1. The number of nitrogens with zero attached hydrogens (tertiary/aromatic N) is 5.